The van der Waals surface area contributed by atoms with Crippen molar-refractivity contribution in [3.8, 4) is 0 Å². The highest BCUT2D eigenvalue weighted by molar-refractivity contribution is 6.42. The molecule has 2 unspecified atom stereocenters. The third-order valence-electron chi connectivity index (χ3n) is 3.47. The summed E-state index contributed by atoms with van der Waals surface area (Å²) in [4.78, 5) is 11.9. The molecule has 0 aliphatic carbocycles. The van der Waals surface area contributed by atoms with Crippen LogP contribution in [0.3, 0.4) is 0 Å². The van der Waals surface area contributed by atoms with E-state index in [1.165, 1.54) is 0 Å². The van der Waals surface area contributed by atoms with Crippen molar-refractivity contribution < 1.29 is 9.53 Å². The van der Waals surface area contributed by atoms with E-state index in [1.54, 1.807) is 6.07 Å². The third kappa shape index (κ3) is 5.04. The Morgan fingerprint density at radius 3 is 2.68 bits per heavy atom. The van der Waals surface area contributed by atoms with Crippen molar-refractivity contribution in [2.24, 2.45) is 0 Å². The van der Waals surface area contributed by atoms with Crippen LogP contribution in [0.2, 0.25) is 10.0 Å². The summed E-state index contributed by atoms with van der Waals surface area (Å²) in [6, 6.07) is 5.85. The van der Waals surface area contributed by atoms with Crippen molar-refractivity contribution >= 4 is 29.3 Å². The molecule has 0 spiro atoms. The van der Waals surface area contributed by atoms with Gasteiger partial charge in [0.1, 0.15) is 5.60 Å². The van der Waals surface area contributed by atoms with Crippen LogP contribution < -0.4 is 10.6 Å². The number of carbonyl (C=O) groups excluding carboxylic acids is 1. The molecular formula is C16H22Cl2N2O2. The van der Waals surface area contributed by atoms with Gasteiger partial charge in [-0.05, 0) is 57.9 Å². The van der Waals surface area contributed by atoms with Gasteiger partial charge in [-0.3, -0.25) is 0 Å². The van der Waals surface area contributed by atoms with Gasteiger partial charge in [0.2, 0.25) is 0 Å². The average Bonchev–Trinajstić information content (AvgIpc) is 2.40. The maximum absolute atomic E-state index is 11.9. The number of benzene rings is 1. The van der Waals surface area contributed by atoms with Gasteiger partial charge >= 0.3 is 6.09 Å². The minimum absolute atomic E-state index is 0.0792. The number of hydrogen-bond acceptors (Lipinski definition) is 3. The number of ether oxygens (including phenoxy) is 1. The number of nitrogens with one attached hydrogen (secondary N) is 2. The molecule has 1 saturated heterocycles. The van der Waals surface area contributed by atoms with Crippen LogP contribution in [0, 0.1) is 0 Å². The van der Waals surface area contributed by atoms with E-state index in [4.69, 9.17) is 27.9 Å². The van der Waals surface area contributed by atoms with Crippen LogP contribution in [0.25, 0.3) is 0 Å². The van der Waals surface area contributed by atoms with Gasteiger partial charge in [0.05, 0.1) is 10.0 Å². The molecule has 1 aromatic carbocycles. The number of carbonyl (C=O) groups is 1. The molecule has 1 aliphatic rings. The standard InChI is InChI=1S/C16H22Cl2N2O2/c1-16(2,3)22-15(21)20-11-6-7-19-14(9-11)10-4-5-12(17)13(18)8-10/h4-5,8,11,14,19H,6-7,9H2,1-3H3,(H,20,21). The Hall–Kier alpha value is -0.970. The average molecular weight is 345 g/mol. The number of hydrogen-bond donors (Lipinski definition) is 2. The molecule has 1 heterocycles. The van der Waals surface area contributed by atoms with E-state index in [1.807, 2.05) is 32.9 Å². The lowest BCUT2D eigenvalue weighted by atomic mass is 9.94. The molecule has 0 saturated carbocycles. The molecule has 1 fully saturated rings. The topological polar surface area (TPSA) is 50.4 Å². The van der Waals surface area contributed by atoms with Gasteiger partial charge in [0, 0.05) is 12.1 Å². The molecule has 0 bridgehead atoms. The lowest BCUT2D eigenvalue weighted by Crippen LogP contribution is -2.45. The van der Waals surface area contributed by atoms with E-state index < -0.39 is 5.60 Å². The fourth-order valence-corrected chi connectivity index (χ4v) is 2.81. The molecule has 2 N–H and O–H groups in total. The lowest BCUT2D eigenvalue weighted by Gasteiger charge is -2.32. The number of amides is 1. The van der Waals surface area contributed by atoms with Gasteiger partial charge in [0.15, 0.2) is 0 Å². The highest BCUT2D eigenvalue weighted by Crippen LogP contribution is 2.29. The highest BCUT2D eigenvalue weighted by atomic mass is 35.5. The first-order valence-corrected chi connectivity index (χ1v) is 8.18. The van der Waals surface area contributed by atoms with Crippen molar-refractivity contribution in [2.45, 2.75) is 51.3 Å². The number of piperidine rings is 1. The minimum Gasteiger partial charge on any atom is -0.444 e. The van der Waals surface area contributed by atoms with Crippen LogP contribution >= 0.6 is 23.2 Å². The van der Waals surface area contributed by atoms with Crippen molar-refractivity contribution in [1.29, 1.82) is 0 Å². The smallest absolute Gasteiger partial charge is 0.407 e. The maximum Gasteiger partial charge on any atom is 0.407 e. The van der Waals surface area contributed by atoms with Gasteiger partial charge in [-0.2, -0.15) is 0 Å². The molecule has 1 aromatic rings. The molecule has 122 valence electrons. The zero-order chi connectivity index (χ0) is 16.3. The van der Waals surface area contributed by atoms with E-state index in [0.29, 0.717) is 10.0 Å². The van der Waals surface area contributed by atoms with Crippen LogP contribution in [0.1, 0.15) is 45.2 Å². The molecule has 6 heteroatoms. The molecule has 1 aliphatic heterocycles. The molecule has 2 atom stereocenters. The van der Waals surface area contributed by atoms with Crippen LogP contribution in [0.5, 0.6) is 0 Å². The summed E-state index contributed by atoms with van der Waals surface area (Å²) in [6.07, 6.45) is 1.29. The first-order chi connectivity index (χ1) is 10.2. The Labute approximate surface area is 141 Å². The van der Waals surface area contributed by atoms with Gasteiger partial charge in [-0.15, -0.1) is 0 Å². The molecular weight excluding hydrogens is 323 g/mol. The normalized spacial score (nSPS) is 22.2. The Morgan fingerprint density at radius 1 is 1.32 bits per heavy atom. The number of rotatable bonds is 2. The fraction of sp³-hybridized carbons (Fsp3) is 0.562. The second-order valence-electron chi connectivity index (χ2n) is 6.55. The zero-order valence-corrected chi connectivity index (χ0v) is 14.6. The Morgan fingerprint density at radius 2 is 2.05 bits per heavy atom. The van der Waals surface area contributed by atoms with E-state index in [-0.39, 0.29) is 18.2 Å². The maximum atomic E-state index is 11.9. The van der Waals surface area contributed by atoms with Crippen LogP contribution in [-0.4, -0.2) is 24.3 Å². The largest absolute Gasteiger partial charge is 0.444 e. The fourth-order valence-electron chi connectivity index (χ4n) is 2.51. The predicted molar refractivity (Wildman–Crippen MR) is 89.6 cm³/mol. The summed E-state index contributed by atoms with van der Waals surface area (Å²) in [5.41, 5.74) is 0.588. The molecule has 0 aromatic heterocycles. The van der Waals surface area contributed by atoms with E-state index >= 15 is 0 Å². The molecule has 2 rings (SSSR count). The first-order valence-electron chi connectivity index (χ1n) is 7.42. The number of halogens is 2. The third-order valence-corrected chi connectivity index (χ3v) is 4.21. The van der Waals surface area contributed by atoms with Crippen molar-refractivity contribution in [3.63, 3.8) is 0 Å². The highest BCUT2D eigenvalue weighted by Gasteiger charge is 2.26. The van der Waals surface area contributed by atoms with Crippen LogP contribution in [-0.2, 0) is 4.74 Å². The van der Waals surface area contributed by atoms with E-state index in [2.05, 4.69) is 10.6 Å². The van der Waals surface area contributed by atoms with Gasteiger partial charge < -0.3 is 15.4 Å². The lowest BCUT2D eigenvalue weighted by molar-refractivity contribution is 0.0490. The quantitative estimate of drug-likeness (QED) is 0.840. The van der Waals surface area contributed by atoms with Crippen LogP contribution in [0.4, 0.5) is 4.79 Å². The molecule has 22 heavy (non-hydrogen) atoms. The second kappa shape index (κ2) is 7.07. The van der Waals surface area contributed by atoms with Crippen molar-refractivity contribution in [1.82, 2.24) is 10.6 Å². The minimum atomic E-state index is -0.486. The molecule has 0 radical (unpaired) electrons. The SMILES string of the molecule is CC(C)(C)OC(=O)NC1CCNC(c2ccc(Cl)c(Cl)c2)C1. The first kappa shape index (κ1) is 17.4. The van der Waals surface area contributed by atoms with Crippen LogP contribution in [0.15, 0.2) is 18.2 Å². The Balaban J connectivity index is 1.96. The van der Waals surface area contributed by atoms with Crippen molar-refractivity contribution in [2.75, 3.05) is 6.54 Å². The van der Waals surface area contributed by atoms with E-state index in [0.717, 1.165) is 24.9 Å². The Kier molecular flexibility index (Phi) is 5.59. The predicted octanol–water partition coefficient (Wildman–Crippen LogP) is 4.31. The molecule has 1 amide bonds. The molecule has 4 nitrogen and oxygen atoms in total. The summed E-state index contributed by atoms with van der Waals surface area (Å²) >= 11 is 12.0. The summed E-state index contributed by atoms with van der Waals surface area (Å²) in [6.45, 7) is 6.39. The van der Waals surface area contributed by atoms with E-state index in [9.17, 15) is 4.79 Å². The van der Waals surface area contributed by atoms with Crippen molar-refractivity contribution in [3.05, 3.63) is 33.8 Å². The zero-order valence-electron chi connectivity index (χ0n) is 13.1. The van der Waals surface area contributed by atoms with Gasteiger partial charge in [0.25, 0.3) is 0 Å². The second-order valence-corrected chi connectivity index (χ2v) is 7.36. The summed E-state index contributed by atoms with van der Waals surface area (Å²) < 4.78 is 5.31. The van der Waals surface area contributed by atoms with Gasteiger partial charge in [-0.1, -0.05) is 29.3 Å². The number of alkyl carbamates (subject to hydrolysis) is 1. The summed E-state index contributed by atoms with van der Waals surface area (Å²) in [5.74, 6) is 0. The summed E-state index contributed by atoms with van der Waals surface area (Å²) in [7, 11) is 0. The monoisotopic (exact) mass is 344 g/mol. The Bertz CT molecular complexity index is 543. The summed E-state index contributed by atoms with van der Waals surface area (Å²) in [5, 5.41) is 7.47. The van der Waals surface area contributed by atoms with Gasteiger partial charge in [-0.25, -0.2) is 4.79 Å².